The minimum atomic E-state index is -2.88. The normalized spacial score (nSPS) is 12.6. The van der Waals surface area contributed by atoms with Crippen molar-refractivity contribution in [2.45, 2.75) is 57.9 Å². The first-order chi connectivity index (χ1) is 14.7. The molecule has 0 radical (unpaired) electrons. The van der Waals surface area contributed by atoms with Gasteiger partial charge in [-0.3, -0.25) is 9.65 Å². The molecule has 158 valence electrons. The Hall–Kier alpha value is -2.15. The molecule has 1 N–H and O–H groups in total. The van der Waals surface area contributed by atoms with Crippen LogP contribution >= 0.6 is 7.29 Å². The fraction of sp³-hybridized carbons (Fsp3) is 0.333. The molecule has 0 amide bonds. The van der Waals surface area contributed by atoms with Gasteiger partial charge >= 0.3 is 0 Å². The standard InChI is InChI=1S/C27H34NOP/c1-2-3-18-25(19-14-13-17-24-15-7-4-8-16-24)28-30(29,26-20-9-5-10-21-26)27-22-11-6-12-23-27/h4-12,15-16,20-23,25H,2-3,13-14,17-19H2,1H3,(H,28,29)/t25-/m1/s1. The van der Waals surface area contributed by atoms with Gasteiger partial charge in [0.05, 0.1) is 0 Å². The summed E-state index contributed by atoms with van der Waals surface area (Å²) in [4.78, 5) is 0. The van der Waals surface area contributed by atoms with Crippen LogP contribution in [0.4, 0.5) is 0 Å². The van der Waals surface area contributed by atoms with Gasteiger partial charge in [0.15, 0.2) is 0 Å². The molecule has 3 heteroatoms. The van der Waals surface area contributed by atoms with E-state index < -0.39 is 7.29 Å². The predicted octanol–water partition coefficient (Wildman–Crippen LogP) is 6.48. The molecule has 0 aliphatic rings. The molecule has 30 heavy (non-hydrogen) atoms. The molecule has 0 fully saturated rings. The summed E-state index contributed by atoms with van der Waals surface area (Å²) in [7, 11) is -2.88. The number of nitrogens with one attached hydrogen (secondary N) is 1. The maximum Gasteiger partial charge on any atom is 0.204 e. The summed E-state index contributed by atoms with van der Waals surface area (Å²) in [6, 6.07) is 30.8. The van der Waals surface area contributed by atoms with E-state index in [9.17, 15) is 4.57 Å². The summed E-state index contributed by atoms with van der Waals surface area (Å²) >= 11 is 0. The van der Waals surface area contributed by atoms with E-state index in [1.807, 2.05) is 60.7 Å². The highest BCUT2D eigenvalue weighted by Crippen LogP contribution is 2.40. The quantitative estimate of drug-likeness (QED) is 0.269. The molecule has 0 saturated heterocycles. The Kier molecular flexibility index (Phi) is 8.93. The van der Waals surface area contributed by atoms with Gasteiger partial charge < -0.3 is 0 Å². The van der Waals surface area contributed by atoms with Crippen molar-refractivity contribution >= 4 is 17.9 Å². The van der Waals surface area contributed by atoms with Gasteiger partial charge in [0, 0.05) is 16.7 Å². The third-order valence-electron chi connectivity index (χ3n) is 5.62. The van der Waals surface area contributed by atoms with Crippen molar-refractivity contribution in [3.05, 3.63) is 96.6 Å². The summed E-state index contributed by atoms with van der Waals surface area (Å²) < 4.78 is 14.3. The molecule has 0 bridgehead atoms. The molecule has 0 heterocycles. The summed E-state index contributed by atoms with van der Waals surface area (Å²) in [5.41, 5.74) is 1.40. The van der Waals surface area contributed by atoms with Crippen LogP contribution in [0.3, 0.4) is 0 Å². The highest BCUT2D eigenvalue weighted by Gasteiger charge is 2.29. The number of aryl methyl sites for hydroxylation is 1. The minimum Gasteiger partial charge on any atom is -0.297 e. The molecule has 3 rings (SSSR count). The van der Waals surface area contributed by atoms with Crippen molar-refractivity contribution in [3.63, 3.8) is 0 Å². The Morgan fingerprint density at radius 2 is 1.20 bits per heavy atom. The number of benzene rings is 3. The second kappa shape index (κ2) is 11.9. The lowest BCUT2D eigenvalue weighted by Gasteiger charge is -2.27. The van der Waals surface area contributed by atoms with Gasteiger partial charge in [0.25, 0.3) is 0 Å². The highest BCUT2D eigenvalue weighted by molar-refractivity contribution is 7.76. The third kappa shape index (κ3) is 6.42. The van der Waals surface area contributed by atoms with Crippen LogP contribution in [0.5, 0.6) is 0 Å². The van der Waals surface area contributed by atoms with E-state index in [-0.39, 0.29) is 6.04 Å². The average molecular weight is 420 g/mol. The second-order valence-corrected chi connectivity index (χ2v) is 10.5. The number of rotatable bonds is 12. The SMILES string of the molecule is CCCC[C@H](CCCCc1ccccc1)NP(=O)(c1ccccc1)c1ccccc1. The molecule has 3 aromatic rings. The van der Waals surface area contributed by atoms with Crippen LogP contribution in [-0.4, -0.2) is 6.04 Å². The van der Waals surface area contributed by atoms with Gasteiger partial charge in [0.2, 0.25) is 7.29 Å². The van der Waals surface area contributed by atoms with Crippen molar-refractivity contribution in [1.29, 1.82) is 0 Å². The summed E-state index contributed by atoms with van der Waals surface area (Å²) in [6.07, 6.45) is 7.83. The van der Waals surface area contributed by atoms with Crippen LogP contribution in [0, 0.1) is 0 Å². The zero-order chi connectivity index (χ0) is 21.1. The third-order valence-corrected chi connectivity index (χ3v) is 8.40. The summed E-state index contributed by atoms with van der Waals surface area (Å²) in [5, 5.41) is 5.43. The van der Waals surface area contributed by atoms with Crippen molar-refractivity contribution in [2.75, 3.05) is 0 Å². The maximum absolute atomic E-state index is 14.3. The molecule has 1 atom stereocenters. The monoisotopic (exact) mass is 419 g/mol. The largest absolute Gasteiger partial charge is 0.297 e. The first-order valence-electron chi connectivity index (χ1n) is 11.3. The van der Waals surface area contributed by atoms with Gasteiger partial charge in [-0.05, 0) is 55.5 Å². The van der Waals surface area contributed by atoms with Gasteiger partial charge in [-0.2, -0.15) is 0 Å². The Balaban J connectivity index is 1.72. The molecule has 0 aliphatic heterocycles. The maximum atomic E-state index is 14.3. The van der Waals surface area contributed by atoms with E-state index in [2.05, 4.69) is 42.3 Å². The van der Waals surface area contributed by atoms with Crippen molar-refractivity contribution in [3.8, 4) is 0 Å². The lowest BCUT2D eigenvalue weighted by atomic mass is 10.0. The molecular formula is C27H34NOP. The van der Waals surface area contributed by atoms with Gasteiger partial charge in [-0.15, -0.1) is 0 Å². The van der Waals surface area contributed by atoms with E-state index in [0.29, 0.717) is 0 Å². The molecule has 0 aromatic heterocycles. The Morgan fingerprint density at radius 3 is 1.73 bits per heavy atom. The number of unbranched alkanes of at least 4 members (excludes halogenated alkanes) is 2. The molecule has 2 nitrogen and oxygen atoms in total. The van der Waals surface area contributed by atoms with Crippen LogP contribution in [-0.2, 0) is 11.0 Å². The minimum absolute atomic E-state index is 0.256. The van der Waals surface area contributed by atoms with Gasteiger partial charge in [-0.1, -0.05) is 92.9 Å². The summed E-state index contributed by atoms with van der Waals surface area (Å²) in [6.45, 7) is 2.22. The van der Waals surface area contributed by atoms with E-state index in [4.69, 9.17) is 0 Å². The van der Waals surface area contributed by atoms with Crippen LogP contribution < -0.4 is 15.7 Å². The lowest BCUT2D eigenvalue weighted by molar-refractivity contribution is 0.474. The number of hydrogen-bond donors (Lipinski definition) is 1. The molecule has 0 spiro atoms. The zero-order valence-corrected chi connectivity index (χ0v) is 18.9. The Morgan fingerprint density at radius 1 is 0.700 bits per heavy atom. The van der Waals surface area contributed by atoms with Crippen LogP contribution in [0.15, 0.2) is 91.0 Å². The molecule has 0 unspecified atom stereocenters. The topological polar surface area (TPSA) is 29.1 Å². The Bertz CT molecular complexity index is 852. The fourth-order valence-corrected chi connectivity index (χ4v) is 6.47. The van der Waals surface area contributed by atoms with Crippen LogP contribution in [0.25, 0.3) is 0 Å². The van der Waals surface area contributed by atoms with Crippen molar-refractivity contribution < 1.29 is 4.57 Å². The molecule has 0 aliphatic carbocycles. The lowest BCUT2D eigenvalue weighted by Crippen LogP contribution is -2.35. The smallest absolute Gasteiger partial charge is 0.204 e. The predicted molar refractivity (Wildman–Crippen MR) is 130 cm³/mol. The molecule has 0 saturated carbocycles. The van der Waals surface area contributed by atoms with E-state index in [1.165, 1.54) is 5.56 Å². The first-order valence-corrected chi connectivity index (χ1v) is 13.0. The van der Waals surface area contributed by atoms with Gasteiger partial charge in [-0.25, -0.2) is 0 Å². The number of hydrogen-bond acceptors (Lipinski definition) is 1. The van der Waals surface area contributed by atoms with Crippen LogP contribution in [0.2, 0.25) is 0 Å². The van der Waals surface area contributed by atoms with Crippen molar-refractivity contribution in [2.24, 2.45) is 0 Å². The van der Waals surface area contributed by atoms with E-state index in [1.54, 1.807) is 0 Å². The molecular weight excluding hydrogens is 385 g/mol. The zero-order valence-electron chi connectivity index (χ0n) is 18.0. The van der Waals surface area contributed by atoms with E-state index >= 15 is 0 Å². The average Bonchev–Trinajstić information content (AvgIpc) is 2.82. The van der Waals surface area contributed by atoms with Crippen molar-refractivity contribution in [1.82, 2.24) is 5.09 Å². The Labute approximate surface area is 182 Å². The second-order valence-electron chi connectivity index (χ2n) is 7.98. The molecule has 3 aromatic carbocycles. The van der Waals surface area contributed by atoms with Crippen LogP contribution in [0.1, 0.15) is 51.0 Å². The highest BCUT2D eigenvalue weighted by atomic mass is 31.2. The summed E-state index contributed by atoms with van der Waals surface area (Å²) in [5.74, 6) is 0. The first kappa shape index (κ1) is 22.5. The van der Waals surface area contributed by atoms with E-state index in [0.717, 1.165) is 55.6 Å². The fourth-order valence-electron chi connectivity index (χ4n) is 3.92. The van der Waals surface area contributed by atoms with Gasteiger partial charge in [0.1, 0.15) is 0 Å².